The Hall–Kier alpha value is -1.70. The van der Waals surface area contributed by atoms with Crippen LogP contribution in [0.25, 0.3) is 16.8 Å². The molecule has 2 nitrogen and oxygen atoms in total. The Kier molecular flexibility index (Phi) is 1.53. The summed E-state index contributed by atoms with van der Waals surface area (Å²) in [6.45, 7) is 0. The second kappa shape index (κ2) is 5.76. The number of hydrogen-bond acceptors (Lipinski definition) is 1. The van der Waals surface area contributed by atoms with Crippen LogP contribution in [0.15, 0.2) is 66.7 Å². The van der Waals surface area contributed by atoms with E-state index >= 15 is 0 Å². The van der Waals surface area contributed by atoms with Crippen LogP contribution in [-0.2, 0) is 20.1 Å². The van der Waals surface area contributed by atoms with Gasteiger partial charge in [-0.05, 0) is 20.0 Å². The SMILES string of the molecule is [2H]c1[c-]c(-n2nc([2H])c([2H])c2[2H])c([2H])c(-c2c([2H])c([2H])c([2H])c([2H])c2[2H])c1[2H].[Ir]. The fraction of sp³-hybridized carbons (Fsp3) is 0. The maximum atomic E-state index is 8.39. The predicted molar refractivity (Wildman–Crippen MR) is 67.8 cm³/mol. The van der Waals surface area contributed by atoms with E-state index in [0.717, 1.165) is 4.68 Å². The quantitative estimate of drug-likeness (QED) is 0.580. The van der Waals surface area contributed by atoms with Crippen molar-refractivity contribution in [3.63, 3.8) is 0 Å². The predicted octanol–water partition coefficient (Wildman–Crippen LogP) is 3.34. The Balaban J connectivity index is 0.00000300. The second-order valence-corrected chi connectivity index (χ2v) is 2.98. The van der Waals surface area contributed by atoms with Crippen molar-refractivity contribution in [1.29, 1.82) is 0 Å². The summed E-state index contributed by atoms with van der Waals surface area (Å²) >= 11 is 0. The minimum absolute atomic E-state index is 0. The minimum Gasteiger partial charge on any atom is -0.266 e. The van der Waals surface area contributed by atoms with Crippen molar-refractivity contribution in [3.05, 3.63) is 72.8 Å². The molecule has 18 heavy (non-hydrogen) atoms. The summed E-state index contributed by atoms with van der Waals surface area (Å²) in [6.07, 6.45) is -1.08. The van der Waals surface area contributed by atoms with Crippen molar-refractivity contribution >= 4 is 0 Å². The van der Waals surface area contributed by atoms with E-state index in [1.165, 1.54) is 0 Å². The van der Waals surface area contributed by atoms with Crippen LogP contribution in [-0.4, -0.2) is 9.78 Å². The fourth-order valence-corrected chi connectivity index (χ4v) is 1.22. The van der Waals surface area contributed by atoms with E-state index in [9.17, 15) is 0 Å². The first-order valence-corrected chi connectivity index (χ1v) is 4.62. The van der Waals surface area contributed by atoms with Gasteiger partial charge >= 0.3 is 0 Å². The monoisotopic (exact) mass is 423 g/mol. The zero-order valence-electron chi connectivity index (χ0n) is 19.7. The summed E-state index contributed by atoms with van der Waals surface area (Å²) in [7, 11) is 0. The van der Waals surface area contributed by atoms with Gasteiger partial charge in [0.15, 0.2) is 0 Å². The molecule has 0 aliphatic heterocycles. The molecule has 3 aromatic rings. The molecule has 1 aromatic heterocycles. The first-order valence-electron chi connectivity index (χ1n) is 10.1. The van der Waals surface area contributed by atoms with E-state index < -0.39 is 77.9 Å². The van der Waals surface area contributed by atoms with Gasteiger partial charge in [-0.15, -0.1) is 11.6 Å². The Morgan fingerprint density at radius 3 is 2.61 bits per heavy atom. The topological polar surface area (TPSA) is 17.8 Å². The number of aromatic nitrogens is 2. The van der Waals surface area contributed by atoms with E-state index in [1.54, 1.807) is 0 Å². The number of benzene rings is 2. The number of rotatable bonds is 2. The maximum absolute atomic E-state index is 8.39. The maximum Gasteiger partial charge on any atom is 0.0860 e. The van der Waals surface area contributed by atoms with Gasteiger partial charge in [0.2, 0.25) is 0 Å². The van der Waals surface area contributed by atoms with Crippen LogP contribution in [0.2, 0.25) is 0 Å². The Morgan fingerprint density at radius 2 is 1.89 bits per heavy atom. The molecule has 3 rings (SSSR count). The van der Waals surface area contributed by atoms with Crippen LogP contribution in [0, 0.1) is 6.07 Å². The summed E-state index contributed by atoms with van der Waals surface area (Å²) < 4.78 is 87.5. The number of nitrogens with zero attached hydrogens (tertiary/aromatic N) is 2. The van der Waals surface area contributed by atoms with Gasteiger partial charge in [0.1, 0.15) is 0 Å². The largest absolute Gasteiger partial charge is 0.266 e. The van der Waals surface area contributed by atoms with E-state index in [0.29, 0.717) is 0 Å². The molecule has 0 unspecified atom stereocenters. The van der Waals surface area contributed by atoms with Crippen molar-refractivity contribution in [3.8, 4) is 16.8 Å². The van der Waals surface area contributed by atoms with Gasteiger partial charge in [-0.25, -0.2) is 0 Å². The van der Waals surface area contributed by atoms with E-state index in [2.05, 4.69) is 11.2 Å². The molecule has 0 bridgehead atoms. The minimum atomic E-state index is -0.655. The zero-order valence-corrected chi connectivity index (χ0v) is 11.1. The third-order valence-corrected chi connectivity index (χ3v) is 1.94. The second-order valence-electron chi connectivity index (χ2n) is 2.98. The average Bonchev–Trinajstić information content (AvgIpc) is 2.91. The molecular weight excluding hydrogens is 400 g/mol. The fourth-order valence-electron chi connectivity index (χ4n) is 1.22. The van der Waals surface area contributed by atoms with E-state index in [4.69, 9.17) is 15.1 Å². The first kappa shape index (κ1) is 4.76. The molecule has 1 radical (unpaired) electrons. The summed E-state index contributed by atoms with van der Waals surface area (Å²) in [5, 5.41) is 3.66. The Bertz CT molecular complexity index is 1110. The van der Waals surface area contributed by atoms with Crippen molar-refractivity contribution in [1.82, 2.24) is 9.78 Å². The van der Waals surface area contributed by atoms with E-state index in [1.807, 2.05) is 0 Å². The summed E-state index contributed by atoms with van der Waals surface area (Å²) in [4.78, 5) is 0. The van der Waals surface area contributed by atoms with Gasteiger partial charge in [0, 0.05) is 33.8 Å². The smallest absolute Gasteiger partial charge is 0.0860 e. The summed E-state index contributed by atoms with van der Waals surface area (Å²) in [6, 6.07) is -3.05. The van der Waals surface area contributed by atoms with Crippen LogP contribution in [0.1, 0.15) is 15.1 Å². The third-order valence-electron chi connectivity index (χ3n) is 1.94. The molecule has 91 valence electrons. The molecule has 0 fully saturated rings. The zero-order chi connectivity index (χ0) is 21.1. The van der Waals surface area contributed by atoms with Crippen molar-refractivity contribution in [2.24, 2.45) is 0 Å². The number of hydrogen-bond donors (Lipinski definition) is 0. The van der Waals surface area contributed by atoms with Gasteiger partial charge in [-0.2, -0.15) is 23.2 Å². The molecule has 0 saturated heterocycles. The van der Waals surface area contributed by atoms with E-state index in [-0.39, 0.29) is 25.8 Å². The molecule has 1 heterocycles. The van der Waals surface area contributed by atoms with Crippen LogP contribution >= 0.6 is 0 Å². The van der Waals surface area contributed by atoms with Crippen molar-refractivity contribution < 1.29 is 35.2 Å². The van der Waals surface area contributed by atoms with Crippen molar-refractivity contribution in [2.75, 3.05) is 0 Å². The molecule has 0 aliphatic carbocycles. The Morgan fingerprint density at radius 1 is 1.06 bits per heavy atom. The van der Waals surface area contributed by atoms with Crippen LogP contribution in [0.3, 0.4) is 0 Å². The molecule has 0 aliphatic rings. The molecule has 0 spiro atoms. The van der Waals surface area contributed by atoms with Crippen LogP contribution in [0.4, 0.5) is 0 Å². The Labute approximate surface area is 135 Å². The summed E-state index contributed by atoms with van der Waals surface area (Å²) in [5.41, 5.74) is -1.18. The van der Waals surface area contributed by atoms with Crippen LogP contribution < -0.4 is 0 Å². The van der Waals surface area contributed by atoms with Crippen molar-refractivity contribution in [2.45, 2.75) is 0 Å². The molecule has 0 saturated carbocycles. The van der Waals surface area contributed by atoms with Gasteiger partial charge in [0.05, 0.1) is 11.0 Å². The first-order chi connectivity index (χ1) is 13.0. The van der Waals surface area contributed by atoms with Gasteiger partial charge < -0.3 is 0 Å². The summed E-state index contributed by atoms with van der Waals surface area (Å²) in [5.74, 6) is 0. The average molecular weight is 423 g/mol. The molecule has 3 heteroatoms. The molecule has 0 amide bonds. The van der Waals surface area contributed by atoms with Crippen LogP contribution in [0.5, 0.6) is 0 Å². The van der Waals surface area contributed by atoms with Gasteiger partial charge in [0.25, 0.3) is 0 Å². The molecular formula is C15H11IrN2-. The molecule has 2 aromatic carbocycles. The normalized spacial score (nSPS) is 18.3. The van der Waals surface area contributed by atoms with Gasteiger partial charge in [-0.3, -0.25) is 4.68 Å². The van der Waals surface area contributed by atoms with Gasteiger partial charge in [-0.1, -0.05) is 30.2 Å². The standard InChI is InChI=1S/C15H11N2.Ir/c1-2-6-13(7-3-1)14-8-4-9-15(12-14)17-11-5-10-16-17;/h1-8,10-12H;/q-1;/i1D,2D,3D,4D,5D,6D,7D,8D,10D,11D,12D;. The third kappa shape index (κ3) is 2.58. The molecule has 0 N–H and O–H groups in total. The molecule has 0 atom stereocenters.